The van der Waals surface area contributed by atoms with E-state index in [2.05, 4.69) is 15.2 Å². The van der Waals surface area contributed by atoms with Crippen molar-refractivity contribution in [2.24, 2.45) is 5.92 Å². The summed E-state index contributed by atoms with van der Waals surface area (Å²) in [7, 11) is 1.55. The fourth-order valence-electron chi connectivity index (χ4n) is 1.73. The van der Waals surface area contributed by atoms with Crippen LogP contribution in [-0.2, 0) is 13.8 Å². The van der Waals surface area contributed by atoms with Crippen LogP contribution in [0.15, 0.2) is 12.4 Å². The molecule has 1 aliphatic rings. The molecule has 2 rings (SSSR count). The molecule has 0 aromatic carbocycles. The molecule has 0 spiro atoms. The Bertz CT molecular complexity index is 521. The molecule has 17 heavy (non-hydrogen) atoms. The average Bonchev–Trinajstić information content (AvgIpc) is 2.58. The molecule has 7 nitrogen and oxygen atoms in total. The van der Waals surface area contributed by atoms with E-state index in [9.17, 15) is 13.2 Å². The quantitative estimate of drug-likeness (QED) is 0.710. The average molecular weight is 277 g/mol. The summed E-state index contributed by atoms with van der Waals surface area (Å²) in [4.78, 5) is 16.9. The van der Waals surface area contributed by atoms with E-state index in [0.29, 0.717) is 0 Å². The summed E-state index contributed by atoms with van der Waals surface area (Å²) < 4.78 is 21.9. The van der Waals surface area contributed by atoms with Crippen LogP contribution in [0.2, 0.25) is 0 Å². The van der Waals surface area contributed by atoms with Crippen LogP contribution in [-0.4, -0.2) is 41.8 Å². The van der Waals surface area contributed by atoms with Crippen molar-refractivity contribution in [1.29, 1.82) is 0 Å². The highest BCUT2D eigenvalue weighted by Crippen LogP contribution is 2.23. The number of hydrogen-bond donors (Lipinski definition) is 0. The highest BCUT2D eigenvalue weighted by Gasteiger charge is 2.34. The van der Waals surface area contributed by atoms with Gasteiger partial charge >= 0.3 is 0 Å². The van der Waals surface area contributed by atoms with Gasteiger partial charge in [0.25, 0.3) is 5.95 Å². The minimum Gasteiger partial charge on any atom is -0.279 e. The Kier molecular flexibility index (Phi) is 3.25. The number of anilines is 1. The largest absolute Gasteiger partial charge is 0.279 e. The number of amides is 1. The summed E-state index contributed by atoms with van der Waals surface area (Å²) in [5.41, 5.74) is 0. The SMILES string of the molecule is O=C1CC(CS(=O)(=O)Cl)CN1c1nccnn1. The molecule has 0 N–H and O–H groups in total. The second kappa shape index (κ2) is 4.53. The van der Waals surface area contributed by atoms with Gasteiger partial charge < -0.3 is 0 Å². The van der Waals surface area contributed by atoms with Gasteiger partial charge in [0.1, 0.15) is 0 Å². The molecule has 1 saturated heterocycles. The number of halogens is 1. The second-order valence-electron chi connectivity index (χ2n) is 3.72. The van der Waals surface area contributed by atoms with Crippen LogP contribution in [0.5, 0.6) is 0 Å². The number of carbonyl (C=O) groups is 1. The monoisotopic (exact) mass is 276 g/mol. The van der Waals surface area contributed by atoms with Crippen molar-refractivity contribution < 1.29 is 13.2 Å². The van der Waals surface area contributed by atoms with Crippen LogP contribution < -0.4 is 4.90 Å². The van der Waals surface area contributed by atoms with E-state index in [1.807, 2.05) is 0 Å². The van der Waals surface area contributed by atoms with Crippen LogP contribution in [0.25, 0.3) is 0 Å². The lowest BCUT2D eigenvalue weighted by Crippen LogP contribution is -2.27. The van der Waals surface area contributed by atoms with E-state index in [1.165, 1.54) is 17.3 Å². The molecule has 1 aromatic rings. The molecule has 0 radical (unpaired) electrons. The Morgan fingerprint density at radius 3 is 2.82 bits per heavy atom. The van der Waals surface area contributed by atoms with Crippen molar-refractivity contribution in [2.75, 3.05) is 17.2 Å². The van der Waals surface area contributed by atoms with E-state index in [0.717, 1.165) is 0 Å². The second-order valence-corrected chi connectivity index (χ2v) is 6.54. The lowest BCUT2D eigenvalue weighted by molar-refractivity contribution is -0.117. The zero-order valence-electron chi connectivity index (χ0n) is 8.65. The predicted octanol–water partition coefficient (Wildman–Crippen LogP) is -0.207. The molecule has 0 saturated carbocycles. The summed E-state index contributed by atoms with van der Waals surface area (Å²) in [5, 5.41) is 7.32. The third-order valence-corrected chi connectivity index (χ3v) is 3.60. The molecule has 1 amide bonds. The van der Waals surface area contributed by atoms with Gasteiger partial charge in [0.2, 0.25) is 15.0 Å². The molecule has 9 heteroatoms. The fraction of sp³-hybridized carbons (Fsp3) is 0.500. The third-order valence-electron chi connectivity index (χ3n) is 2.35. The first-order chi connectivity index (χ1) is 7.96. The van der Waals surface area contributed by atoms with E-state index < -0.39 is 9.05 Å². The third kappa shape index (κ3) is 3.10. The number of hydrogen-bond acceptors (Lipinski definition) is 6. The van der Waals surface area contributed by atoms with E-state index in [-0.39, 0.29) is 36.5 Å². The number of carbonyl (C=O) groups excluding carboxylic acids is 1. The maximum absolute atomic E-state index is 11.7. The molecule has 1 aliphatic heterocycles. The summed E-state index contributed by atoms with van der Waals surface area (Å²) in [6.07, 6.45) is 2.94. The predicted molar refractivity (Wildman–Crippen MR) is 59.9 cm³/mol. The van der Waals surface area contributed by atoms with Crippen LogP contribution in [0, 0.1) is 5.92 Å². The number of nitrogens with zero attached hydrogens (tertiary/aromatic N) is 4. The topological polar surface area (TPSA) is 93.1 Å². The minimum absolute atomic E-state index is 0.129. The van der Waals surface area contributed by atoms with Gasteiger partial charge in [-0.1, -0.05) is 0 Å². The lowest BCUT2D eigenvalue weighted by Gasteiger charge is -2.12. The molecular formula is C8H9ClN4O3S. The van der Waals surface area contributed by atoms with Gasteiger partial charge in [-0.2, -0.15) is 5.10 Å². The Morgan fingerprint density at radius 2 is 2.24 bits per heavy atom. The molecular weight excluding hydrogens is 268 g/mol. The van der Waals surface area contributed by atoms with Crippen LogP contribution in [0.4, 0.5) is 5.95 Å². The first kappa shape index (κ1) is 12.2. The minimum atomic E-state index is -3.60. The first-order valence-corrected chi connectivity index (χ1v) is 7.30. The van der Waals surface area contributed by atoms with Crippen LogP contribution in [0.1, 0.15) is 6.42 Å². The summed E-state index contributed by atoms with van der Waals surface area (Å²) in [6.45, 7) is 0.247. The van der Waals surface area contributed by atoms with Crippen molar-refractivity contribution in [3.05, 3.63) is 12.4 Å². The molecule has 1 aromatic heterocycles. The van der Waals surface area contributed by atoms with Crippen molar-refractivity contribution in [2.45, 2.75) is 6.42 Å². The van der Waals surface area contributed by atoms with E-state index in [4.69, 9.17) is 10.7 Å². The Morgan fingerprint density at radius 1 is 1.47 bits per heavy atom. The van der Waals surface area contributed by atoms with Gasteiger partial charge in [-0.15, -0.1) is 5.10 Å². The zero-order valence-corrected chi connectivity index (χ0v) is 10.2. The van der Waals surface area contributed by atoms with Gasteiger partial charge in [-0.05, 0) is 0 Å². The first-order valence-electron chi connectivity index (χ1n) is 4.82. The smallest absolute Gasteiger partial charge is 0.251 e. The molecule has 1 atom stereocenters. The lowest BCUT2D eigenvalue weighted by atomic mass is 10.1. The Hall–Kier alpha value is -1.28. The number of aromatic nitrogens is 3. The van der Waals surface area contributed by atoms with Crippen molar-refractivity contribution in [3.8, 4) is 0 Å². The standard InChI is InChI=1S/C8H9ClN4O3S/c9-17(15,16)5-6-3-7(14)13(4-6)8-10-1-2-11-12-8/h1-2,6H,3-5H2. The molecule has 0 bridgehead atoms. The van der Waals surface area contributed by atoms with Gasteiger partial charge in [0, 0.05) is 29.6 Å². The van der Waals surface area contributed by atoms with Gasteiger partial charge in [0.05, 0.1) is 18.1 Å². The summed E-state index contributed by atoms with van der Waals surface area (Å²) in [6, 6.07) is 0. The van der Waals surface area contributed by atoms with Crippen molar-refractivity contribution in [3.63, 3.8) is 0 Å². The highest BCUT2D eigenvalue weighted by molar-refractivity contribution is 8.13. The molecule has 0 aliphatic carbocycles. The summed E-state index contributed by atoms with van der Waals surface area (Å²) in [5.74, 6) is -0.582. The Balaban J connectivity index is 2.11. The van der Waals surface area contributed by atoms with Crippen LogP contribution >= 0.6 is 10.7 Å². The molecule has 1 unspecified atom stereocenters. The highest BCUT2D eigenvalue weighted by atomic mass is 35.7. The zero-order chi connectivity index (χ0) is 12.5. The number of rotatable bonds is 3. The van der Waals surface area contributed by atoms with E-state index in [1.54, 1.807) is 0 Å². The normalized spacial score (nSPS) is 20.9. The van der Waals surface area contributed by atoms with Gasteiger partial charge in [-0.25, -0.2) is 13.4 Å². The van der Waals surface area contributed by atoms with E-state index >= 15 is 0 Å². The molecule has 1 fully saturated rings. The van der Waals surface area contributed by atoms with Crippen molar-refractivity contribution >= 4 is 31.6 Å². The van der Waals surface area contributed by atoms with Gasteiger partial charge in [-0.3, -0.25) is 9.69 Å². The molecule has 92 valence electrons. The molecule has 2 heterocycles. The van der Waals surface area contributed by atoms with Crippen molar-refractivity contribution in [1.82, 2.24) is 15.2 Å². The maximum Gasteiger partial charge on any atom is 0.251 e. The maximum atomic E-state index is 11.7. The Labute approximate surface area is 102 Å². The summed E-state index contributed by atoms with van der Waals surface area (Å²) >= 11 is 0. The fourth-order valence-corrected chi connectivity index (χ4v) is 3.05. The van der Waals surface area contributed by atoms with Crippen LogP contribution in [0.3, 0.4) is 0 Å². The van der Waals surface area contributed by atoms with Gasteiger partial charge in [0.15, 0.2) is 0 Å².